The number of carbonyl (C=O) groups excluding carboxylic acids is 4. The molecule has 1 aromatic heterocycles. The maximum absolute atomic E-state index is 12.9. The number of fused-ring (bicyclic) bond motifs is 1. The summed E-state index contributed by atoms with van der Waals surface area (Å²) >= 11 is 1.23. The number of para-hydroxylation sites is 1. The van der Waals surface area contributed by atoms with Crippen molar-refractivity contribution in [1.82, 2.24) is 15.8 Å². The summed E-state index contributed by atoms with van der Waals surface area (Å²) in [5.41, 5.74) is 0.206. The molecule has 9 nitrogen and oxygen atoms in total. The fraction of sp³-hybridized carbons (Fsp3) is 0.250. The molecule has 0 atom stereocenters. The molecule has 0 bridgehead atoms. The topological polar surface area (TPSA) is 130 Å². The van der Waals surface area contributed by atoms with Crippen molar-refractivity contribution in [1.29, 1.82) is 0 Å². The van der Waals surface area contributed by atoms with E-state index in [0.29, 0.717) is 18.0 Å². The third kappa shape index (κ3) is 4.95. The van der Waals surface area contributed by atoms with Crippen LogP contribution in [-0.4, -0.2) is 48.0 Å². The van der Waals surface area contributed by atoms with Gasteiger partial charge in [0.2, 0.25) is 17.3 Å². The molecular formula is C20H20N4O5S. The van der Waals surface area contributed by atoms with Gasteiger partial charge < -0.3 is 20.5 Å². The smallest absolute Gasteiger partial charge is 0.314 e. The molecule has 0 unspecified atom stereocenters. The number of anilines is 1. The van der Waals surface area contributed by atoms with Crippen molar-refractivity contribution in [3.8, 4) is 0 Å². The first-order valence-corrected chi connectivity index (χ1v) is 10.2. The second kappa shape index (κ2) is 9.88. The minimum atomic E-state index is -0.626. The molecule has 0 saturated carbocycles. The van der Waals surface area contributed by atoms with Crippen LogP contribution in [0.1, 0.15) is 44.2 Å². The molecule has 0 aliphatic heterocycles. The number of thioether (sulfide) groups is 1. The number of amides is 3. The average molecular weight is 428 g/mol. The van der Waals surface area contributed by atoms with Gasteiger partial charge in [-0.3, -0.25) is 14.4 Å². The first-order valence-electron chi connectivity index (χ1n) is 9.26. The predicted octanol–water partition coefficient (Wildman–Crippen LogP) is 2.63. The van der Waals surface area contributed by atoms with Crippen LogP contribution in [0.25, 0.3) is 0 Å². The Hall–Kier alpha value is -3.40. The Morgan fingerprint density at radius 2 is 1.90 bits per heavy atom. The maximum atomic E-state index is 12.9. The van der Waals surface area contributed by atoms with Crippen LogP contribution in [0.3, 0.4) is 0 Å². The van der Waals surface area contributed by atoms with E-state index in [1.54, 1.807) is 30.3 Å². The van der Waals surface area contributed by atoms with Crippen LogP contribution in [0.2, 0.25) is 0 Å². The van der Waals surface area contributed by atoms with Gasteiger partial charge in [0.15, 0.2) is 5.69 Å². The number of benzene rings is 1. The van der Waals surface area contributed by atoms with Gasteiger partial charge in [-0.25, -0.2) is 4.79 Å². The Bertz CT molecular complexity index is 1000. The number of ketones is 2. The normalized spacial score (nSPS) is 12.8. The summed E-state index contributed by atoms with van der Waals surface area (Å²) in [7, 11) is 1.54. The largest absolute Gasteiger partial charge is 0.351 e. The summed E-state index contributed by atoms with van der Waals surface area (Å²) in [4.78, 5) is 49.1. The van der Waals surface area contributed by atoms with Crippen molar-refractivity contribution in [2.24, 2.45) is 0 Å². The van der Waals surface area contributed by atoms with E-state index < -0.39 is 17.5 Å². The minimum absolute atomic E-state index is 0.111. The lowest BCUT2D eigenvalue weighted by atomic mass is 9.99. The van der Waals surface area contributed by atoms with Gasteiger partial charge in [0.05, 0.1) is 4.91 Å². The highest BCUT2D eigenvalue weighted by molar-refractivity contribution is 8.04. The number of Topliss-reactive ketones (excluding diaryl/α,β-unsaturated/α-hetero) is 1. The molecule has 1 heterocycles. The standard InChI is InChI=1S/C20H20N4O5S/c1-21-20(28)22-9-5-6-10-30-14-11-13(25)18-15(17(14)26)16(24-29-18)19(27)23-12-7-3-2-4-8-12/h2-4,7-8,11H,5-6,9-10H2,1H3,(H,23,27)(H2,21,22,28). The molecular weight excluding hydrogens is 408 g/mol. The molecule has 3 N–H and O–H groups in total. The third-order valence-electron chi connectivity index (χ3n) is 4.22. The van der Waals surface area contributed by atoms with Crippen molar-refractivity contribution in [2.45, 2.75) is 12.8 Å². The number of nitrogens with zero attached hydrogens (tertiary/aromatic N) is 1. The second-order valence-electron chi connectivity index (χ2n) is 6.32. The van der Waals surface area contributed by atoms with Gasteiger partial charge in [0.1, 0.15) is 5.56 Å². The number of hydrogen-bond acceptors (Lipinski definition) is 7. The first kappa shape index (κ1) is 21.3. The lowest BCUT2D eigenvalue weighted by Gasteiger charge is -2.11. The van der Waals surface area contributed by atoms with E-state index in [2.05, 4.69) is 21.1 Å². The fourth-order valence-electron chi connectivity index (χ4n) is 2.72. The number of aromatic nitrogens is 1. The van der Waals surface area contributed by atoms with Crippen LogP contribution in [0.4, 0.5) is 10.5 Å². The Morgan fingerprint density at radius 1 is 1.13 bits per heavy atom. The number of urea groups is 1. The van der Waals surface area contributed by atoms with E-state index in [9.17, 15) is 19.2 Å². The van der Waals surface area contributed by atoms with E-state index >= 15 is 0 Å². The van der Waals surface area contributed by atoms with Gasteiger partial charge in [0.25, 0.3) is 5.91 Å². The van der Waals surface area contributed by atoms with E-state index in [-0.39, 0.29) is 28.0 Å². The van der Waals surface area contributed by atoms with Crippen LogP contribution < -0.4 is 16.0 Å². The molecule has 0 radical (unpaired) electrons. The molecule has 156 valence electrons. The quantitative estimate of drug-likeness (QED) is 0.551. The lowest BCUT2D eigenvalue weighted by Crippen LogP contribution is -2.33. The van der Waals surface area contributed by atoms with Gasteiger partial charge in [-0.2, -0.15) is 0 Å². The van der Waals surface area contributed by atoms with E-state index in [4.69, 9.17) is 4.52 Å². The number of unbranched alkanes of at least 4 members (excludes halogenated alkanes) is 1. The predicted molar refractivity (Wildman–Crippen MR) is 112 cm³/mol. The summed E-state index contributed by atoms with van der Waals surface area (Å²) in [6.07, 6.45) is 2.66. The third-order valence-corrected chi connectivity index (χ3v) is 5.32. The molecule has 3 amide bonds. The number of rotatable bonds is 8. The number of carbonyl (C=O) groups is 4. The van der Waals surface area contributed by atoms with E-state index in [1.807, 2.05) is 0 Å². The van der Waals surface area contributed by atoms with Crippen LogP contribution in [0.15, 0.2) is 45.8 Å². The zero-order valence-electron chi connectivity index (χ0n) is 16.2. The molecule has 3 rings (SSSR count). The van der Waals surface area contributed by atoms with Gasteiger partial charge in [0, 0.05) is 25.4 Å². The SMILES string of the molecule is CNC(=O)NCCCCSC1=CC(=O)c2onc(C(=O)Nc3ccccc3)c2C1=O. The highest BCUT2D eigenvalue weighted by Gasteiger charge is 2.36. The van der Waals surface area contributed by atoms with Crippen molar-refractivity contribution < 1.29 is 23.7 Å². The van der Waals surface area contributed by atoms with Crippen molar-refractivity contribution >= 4 is 41.0 Å². The van der Waals surface area contributed by atoms with Crippen molar-refractivity contribution in [2.75, 3.05) is 24.7 Å². The maximum Gasteiger partial charge on any atom is 0.314 e. The molecule has 0 spiro atoms. The molecule has 1 aliphatic carbocycles. The summed E-state index contributed by atoms with van der Waals surface area (Å²) in [6, 6.07) is 8.45. The van der Waals surface area contributed by atoms with Gasteiger partial charge in [-0.05, 0) is 30.7 Å². The summed E-state index contributed by atoms with van der Waals surface area (Å²) in [5, 5.41) is 11.4. The van der Waals surface area contributed by atoms with Gasteiger partial charge >= 0.3 is 6.03 Å². The molecule has 2 aromatic rings. The molecule has 30 heavy (non-hydrogen) atoms. The zero-order valence-corrected chi connectivity index (χ0v) is 17.0. The zero-order chi connectivity index (χ0) is 21.5. The average Bonchev–Trinajstić information content (AvgIpc) is 3.20. The first-order chi connectivity index (χ1) is 14.5. The van der Waals surface area contributed by atoms with E-state index in [1.165, 1.54) is 24.9 Å². The monoisotopic (exact) mass is 428 g/mol. The van der Waals surface area contributed by atoms with Crippen molar-refractivity contribution in [3.05, 3.63) is 58.3 Å². The molecule has 1 aliphatic rings. The van der Waals surface area contributed by atoms with Crippen molar-refractivity contribution in [3.63, 3.8) is 0 Å². The van der Waals surface area contributed by atoms with Gasteiger partial charge in [-0.1, -0.05) is 23.4 Å². The van der Waals surface area contributed by atoms with E-state index in [0.717, 1.165) is 12.8 Å². The number of hydrogen-bond donors (Lipinski definition) is 3. The molecule has 0 saturated heterocycles. The Kier molecular flexibility index (Phi) is 7.02. The number of nitrogens with one attached hydrogen (secondary N) is 3. The fourth-order valence-corrected chi connectivity index (χ4v) is 3.71. The molecule has 1 aromatic carbocycles. The Balaban J connectivity index is 1.62. The summed E-state index contributed by atoms with van der Waals surface area (Å²) in [5.74, 6) is -1.24. The highest BCUT2D eigenvalue weighted by Crippen LogP contribution is 2.31. The Labute approximate surface area is 176 Å². The van der Waals surface area contributed by atoms with Crippen LogP contribution in [-0.2, 0) is 0 Å². The second-order valence-corrected chi connectivity index (χ2v) is 7.46. The van der Waals surface area contributed by atoms with Crippen LogP contribution in [0, 0.1) is 0 Å². The Morgan fingerprint density at radius 3 is 2.63 bits per heavy atom. The molecule has 10 heteroatoms. The minimum Gasteiger partial charge on any atom is -0.351 e. The lowest BCUT2D eigenvalue weighted by molar-refractivity contribution is 0.0967. The van der Waals surface area contributed by atoms with Crippen LogP contribution in [0.5, 0.6) is 0 Å². The highest BCUT2D eigenvalue weighted by atomic mass is 32.2. The summed E-state index contributed by atoms with van der Waals surface area (Å²) < 4.78 is 4.99. The molecule has 0 fully saturated rings. The number of allylic oxidation sites excluding steroid dienone is 2. The van der Waals surface area contributed by atoms with Crippen LogP contribution >= 0.6 is 11.8 Å². The summed E-state index contributed by atoms with van der Waals surface area (Å²) in [6.45, 7) is 0.506. The van der Waals surface area contributed by atoms with Gasteiger partial charge in [-0.15, -0.1) is 11.8 Å².